The van der Waals surface area contributed by atoms with Gasteiger partial charge >= 0.3 is 0 Å². The van der Waals surface area contributed by atoms with Crippen LogP contribution in [0, 0.1) is 13.8 Å². The van der Waals surface area contributed by atoms with Crippen LogP contribution in [-0.2, 0) is 16.2 Å². The van der Waals surface area contributed by atoms with E-state index in [0.717, 1.165) is 13.0 Å². The Morgan fingerprint density at radius 1 is 0.500 bits per heavy atom. The molecule has 0 radical (unpaired) electrons. The van der Waals surface area contributed by atoms with Crippen LogP contribution in [0.3, 0.4) is 0 Å². The van der Waals surface area contributed by atoms with Gasteiger partial charge in [0.2, 0.25) is 0 Å². The number of rotatable bonds is 4. The minimum atomic E-state index is -0.538. The largest absolute Gasteiger partial charge is 0.354 e. The lowest BCUT2D eigenvalue weighted by Gasteiger charge is -2.44. The van der Waals surface area contributed by atoms with E-state index < -0.39 is 5.41 Å². The zero-order valence-corrected chi connectivity index (χ0v) is 39.1. The van der Waals surface area contributed by atoms with Gasteiger partial charge in [-0.3, -0.25) is 0 Å². The molecule has 0 saturated heterocycles. The number of fused-ring (bicyclic) bond motifs is 7. The summed E-state index contributed by atoms with van der Waals surface area (Å²) >= 11 is 3.83. The van der Waals surface area contributed by atoms with E-state index in [1.807, 2.05) is 23.5 Å². The van der Waals surface area contributed by atoms with Crippen LogP contribution in [0.15, 0.2) is 183 Å². The standard InChI is InChI=1S/C59H51BN2S2/c1-36-30-41(40-22-17-24-43-56(40)61-47-25-14-13-23-42(47)59(43,38-18-9-7-10-19-38)39-20-11-8-12-21-39)55-50(31-36)62(48-33-45-44(32-37(48)2)57(3,4)28-29-58(45,5)6)49-35-54-53(34-46(49)60-55)63-51-26-15-16-27-52(51)64-54/h7-27,30-35,60-61H,28-29H2,1-6H3. The molecular weight excluding hydrogens is 812 g/mol. The van der Waals surface area contributed by atoms with Gasteiger partial charge in [-0.15, -0.1) is 0 Å². The summed E-state index contributed by atoms with van der Waals surface area (Å²) in [7, 11) is 0.836. The zero-order chi connectivity index (χ0) is 43.5. The van der Waals surface area contributed by atoms with Gasteiger partial charge < -0.3 is 10.2 Å². The molecule has 1 N–H and O–H groups in total. The molecule has 3 aliphatic heterocycles. The second kappa shape index (κ2) is 14.6. The van der Waals surface area contributed by atoms with Gasteiger partial charge in [0.25, 0.3) is 0 Å². The molecule has 0 atom stereocenters. The maximum Gasteiger partial charge on any atom is 0.198 e. The summed E-state index contributed by atoms with van der Waals surface area (Å²) in [6.45, 7) is 14.4. The summed E-state index contributed by atoms with van der Waals surface area (Å²) in [6.07, 6.45) is 2.37. The van der Waals surface area contributed by atoms with Crippen LogP contribution in [-0.4, -0.2) is 7.28 Å². The first-order chi connectivity index (χ1) is 31.0. The predicted molar refractivity (Wildman–Crippen MR) is 274 cm³/mol. The van der Waals surface area contributed by atoms with Crippen LogP contribution in [0.4, 0.5) is 28.4 Å². The third-order valence-electron chi connectivity index (χ3n) is 14.8. The van der Waals surface area contributed by atoms with Crippen molar-refractivity contribution in [2.75, 3.05) is 10.2 Å². The molecule has 8 aromatic rings. The van der Waals surface area contributed by atoms with E-state index in [1.54, 1.807) is 0 Å². The zero-order valence-electron chi connectivity index (χ0n) is 37.5. The molecule has 0 aromatic heterocycles. The summed E-state index contributed by atoms with van der Waals surface area (Å²) < 4.78 is 0. The highest BCUT2D eigenvalue weighted by atomic mass is 32.2. The minimum Gasteiger partial charge on any atom is -0.354 e. The average Bonchev–Trinajstić information content (AvgIpc) is 3.30. The van der Waals surface area contributed by atoms with Crippen molar-refractivity contribution in [2.45, 2.75) is 90.2 Å². The van der Waals surface area contributed by atoms with Gasteiger partial charge in [0.05, 0.1) is 11.1 Å². The van der Waals surface area contributed by atoms with Crippen molar-refractivity contribution in [1.29, 1.82) is 0 Å². The first-order valence-corrected chi connectivity index (χ1v) is 24.5. The molecule has 2 nitrogen and oxygen atoms in total. The Bertz CT molecular complexity index is 3170. The number of benzene rings is 8. The molecule has 5 heteroatoms. The molecule has 12 rings (SSSR count). The van der Waals surface area contributed by atoms with Crippen molar-refractivity contribution in [3.05, 3.63) is 208 Å². The van der Waals surface area contributed by atoms with E-state index in [0.29, 0.717) is 0 Å². The lowest BCUT2D eigenvalue weighted by atomic mass is 9.57. The fourth-order valence-electron chi connectivity index (χ4n) is 11.5. The van der Waals surface area contributed by atoms with Crippen molar-refractivity contribution in [1.82, 2.24) is 0 Å². The molecule has 8 aromatic carbocycles. The van der Waals surface area contributed by atoms with Crippen LogP contribution < -0.4 is 21.1 Å². The first kappa shape index (κ1) is 39.7. The molecule has 64 heavy (non-hydrogen) atoms. The maximum atomic E-state index is 4.08. The Labute approximate surface area is 387 Å². The number of nitrogens with zero attached hydrogens (tertiary/aromatic N) is 1. The smallest absolute Gasteiger partial charge is 0.198 e. The van der Waals surface area contributed by atoms with Gasteiger partial charge in [-0.25, -0.2) is 0 Å². The van der Waals surface area contributed by atoms with Gasteiger partial charge in [-0.05, 0) is 129 Å². The molecule has 0 spiro atoms. The van der Waals surface area contributed by atoms with E-state index in [2.05, 4.69) is 216 Å². The molecule has 312 valence electrons. The van der Waals surface area contributed by atoms with E-state index >= 15 is 0 Å². The topological polar surface area (TPSA) is 15.3 Å². The third-order valence-corrected chi connectivity index (χ3v) is 17.4. The van der Waals surface area contributed by atoms with Crippen LogP contribution in [0.2, 0.25) is 0 Å². The quantitative estimate of drug-likeness (QED) is 0.177. The summed E-state index contributed by atoms with van der Waals surface area (Å²) in [6, 6.07) is 62.2. The predicted octanol–water partition coefficient (Wildman–Crippen LogP) is 14.5. The number of anilines is 5. The summed E-state index contributed by atoms with van der Waals surface area (Å²) in [5.41, 5.74) is 21.7. The average molecular weight is 863 g/mol. The normalized spacial score (nSPS) is 16.6. The first-order valence-electron chi connectivity index (χ1n) is 22.8. The van der Waals surface area contributed by atoms with E-state index in [1.165, 1.54) is 122 Å². The van der Waals surface area contributed by atoms with Crippen molar-refractivity contribution >= 4 is 70.2 Å². The molecule has 0 bridgehead atoms. The SMILES string of the molecule is Cc1cc(-c2cccc3c2Nc2ccccc2C3(c2ccccc2)c2ccccc2)c2c(c1)N(c1cc3c(cc1C)C(C)(C)CCC3(C)C)c1cc3c(cc1B2)Sc1ccccc1S3. The number of para-hydroxylation sites is 2. The second-order valence-electron chi connectivity index (χ2n) is 19.7. The van der Waals surface area contributed by atoms with Crippen molar-refractivity contribution in [2.24, 2.45) is 0 Å². The highest BCUT2D eigenvalue weighted by Crippen LogP contribution is 2.57. The van der Waals surface area contributed by atoms with Crippen molar-refractivity contribution < 1.29 is 0 Å². The van der Waals surface area contributed by atoms with Crippen LogP contribution in [0.5, 0.6) is 0 Å². The highest BCUT2D eigenvalue weighted by molar-refractivity contribution is 8.05. The second-order valence-corrected chi connectivity index (χ2v) is 21.9. The number of hydrogen-bond acceptors (Lipinski definition) is 4. The fraction of sp³-hybridized carbons (Fsp3) is 0.186. The lowest BCUT2D eigenvalue weighted by Crippen LogP contribution is -2.42. The number of hydrogen-bond donors (Lipinski definition) is 1. The van der Waals surface area contributed by atoms with Crippen LogP contribution in [0.1, 0.15) is 85.0 Å². The van der Waals surface area contributed by atoms with E-state index in [-0.39, 0.29) is 10.8 Å². The molecule has 1 aliphatic carbocycles. The Balaban J connectivity index is 1.12. The Morgan fingerprint density at radius 3 is 1.78 bits per heavy atom. The molecule has 0 unspecified atom stereocenters. The maximum absolute atomic E-state index is 4.08. The number of nitrogens with one attached hydrogen (secondary N) is 1. The molecule has 0 amide bonds. The van der Waals surface area contributed by atoms with Gasteiger partial charge in [-0.1, -0.05) is 184 Å². The monoisotopic (exact) mass is 862 g/mol. The highest BCUT2D eigenvalue weighted by Gasteiger charge is 2.45. The lowest BCUT2D eigenvalue weighted by molar-refractivity contribution is 0.332. The van der Waals surface area contributed by atoms with E-state index in [4.69, 9.17) is 0 Å². The van der Waals surface area contributed by atoms with Crippen LogP contribution >= 0.6 is 23.5 Å². The summed E-state index contributed by atoms with van der Waals surface area (Å²) in [4.78, 5) is 8.00. The Kier molecular flexibility index (Phi) is 9.04. The van der Waals surface area contributed by atoms with Crippen molar-refractivity contribution in [3.63, 3.8) is 0 Å². The molecule has 3 heterocycles. The molecular formula is C59H51BN2S2. The third kappa shape index (κ3) is 5.96. The van der Waals surface area contributed by atoms with Gasteiger partial charge in [0.15, 0.2) is 7.28 Å². The minimum absolute atomic E-state index is 0.0770. The summed E-state index contributed by atoms with van der Waals surface area (Å²) in [5.74, 6) is 0. The Hall–Kier alpha value is -5.88. The van der Waals surface area contributed by atoms with Crippen molar-refractivity contribution in [3.8, 4) is 11.1 Å². The van der Waals surface area contributed by atoms with E-state index in [9.17, 15) is 0 Å². The molecule has 4 aliphatic rings. The fourth-order valence-corrected chi connectivity index (χ4v) is 13.8. The number of aryl methyl sites for hydroxylation is 2. The van der Waals surface area contributed by atoms with Gasteiger partial charge in [-0.2, -0.15) is 0 Å². The summed E-state index contributed by atoms with van der Waals surface area (Å²) in [5, 5.41) is 4.08. The Morgan fingerprint density at radius 2 is 1.09 bits per heavy atom. The van der Waals surface area contributed by atoms with Gasteiger partial charge in [0, 0.05) is 47.9 Å². The molecule has 0 fully saturated rings. The van der Waals surface area contributed by atoms with Gasteiger partial charge in [0.1, 0.15) is 0 Å². The van der Waals surface area contributed by atoms with Crippen LogP contribution in [0.25, 0.3) is 11.1 Å². The molecule has 0 saturated carbocycles.